The Balaban J connectivity index is 1.56. The third-order valence-electron chi connectivity index (χ3n) is 5.57. The lowest BCUT2D eigenvalue weighted by molar-refractivity contribution is 0.227. The van der Waals surface area contributed by atoms with E-state index in [2.05, 4.69) is 47.6 Å². The average Bonchev–Trinajstić information content (AvgIpc) is 2.88. The maximum Gasteiger partial charge on any atom is 0.0104 e. The van der Waals surface area contributed by atoms with Gasteiger partial charge in [0.2, 0.25) is 0 Å². The first-order valence-corrected chi connectivity index (χ1v) is 8.81. The van der Waals surface area contributed by atoms with Crippen LogP contribution in [0.3, 0.4) is 0 Å². The molecule has 3 rings (SSSR count). The summed E-state index contributed by atoms with van der Waals surface area (Å²) in [6.45, 7) is 3.85. The van der Waals surface area contributed by atoms with Gasteiger partial charge in [-0.2, -0.15) is 0 Å². The van der Waals surface area contributed by atoms with Gasteiger partial charge in [-0.25, -0.2) is 0 Å². The van der Waals surface area contributed by atoms with Crippen LogP contribution in [0, 0.1) is 5.92 Å². The molecular weight excluding hydrogens is 256 g/mol. The maximum absolute atomic E-state index is 3.58. The summed E-state index contributed by atoms with van der Waals surface area (Å²) >= 11 is 0. The maximum atomic E-state index is 3.58. The Labute approximate surface area is 129 Å². The first-order chi connectivity index (χ1) is 10.4. The van der Waals surface area contributed by atoms with Gasteiger partial charge in [-0.1, -0.05) is 49.6 Å². The van der Waals surface area contributed by atoms with Crippen LogP contribution >= 0.6 is 0 Å². The van der Waals surface area contributed by atoms with Gasteiger partial charge in [0.25, 0.3) is 0 Å². The van der Waals surface area contributed by atoms with Gasteiger partial charge in [-0.3, -0.25) is 0 Å². The van der Waals surface area contributed by atoms with Crippen LogP contribution in [-0.4, -0.2) is 37.6 Å². The molecule has 2 aliphatic rings. The van der Waals surface area contributed by atoms with Gasteiger partial charge in [0, 0.05) is 19.1 Å². The second-order valence-corrected chi connectivity index (χ2v) is 6.95. The van der Waals surface area contributed by atoms with Crippen molar-refractivity contribution in [3.05, 3.63) is 35.9 Å². The Kier molecular flexibility index (Phi) is 5.32. The number of rotatable bonds is 4. The Morgan fingerprint density at radius 3 is 2.67 bits per heavy atom. The van der Waals surface area contributed by atoms with Crippen molar-refractivity contribution in [2.24, 2.45) is 5.92 Å². The summed E-state index contributed by atoms with van der Waals surface area (Å²) < 4.78 is 0. The molecule has 3 unspecified atom stereocenters. The molecule has 1 aliphatic carbocycles. The number of likely N-dealkylation sites (tertiary alicyclic amines) is 1. The van der Waals surface area contributed by atoms with Crippen molar-refractivity contribution in [1.82, 2.24) is 10.2 Å². The van der Waals surface area contributed by atoms with E-state index in [0.29, 0.717) is 0 Å². The van der Waals surface area contributed by atoms with E-state index in [1.165, 1.54) is 63.7 Å². The Morgan fingerprint density at radius 2 is 1.86 bits per heavy atom. The fraction of sp³-hybridized carbons (Fsp3) is 0.684. The summed E-state index contributed by atoms with van der Waals surface area (Å²) in [7, 11) is 2.15. The summed E-state index contributed by atoms with van der Waals surface area (Å²) in [6, 6.07) is 11.8. The van der Waals surface area contributed by atoms with E-state index in [1.807, 2.05) is 0 Å². The molecule has 0 spiro atoms. The van der Waals surface area contributed by atoms with E-state index in [4.69, 9.17) is 0 Å². The number of nitrogens with one attached hydrogen (secondary N) is 1. The zero-order chi connectivity index (χ0) is 14.5. The molecule has 2 heteroatoms. The minimum Gasteiger partial charge on any atom is -0.317 e. The molecule has 0 bridgehead atoms. The summed E-state index contributed by atoms with van der Waals surface area (Å²) in [5.74, 6) is 1.61. The molecule has 1 aromatic rings. The topological polar surface area (TPSA) is 15.3 Å². The number of hydrogen-bond acceptors (Lipinski definition) is 2. The third kappa shape index (κ3) is 3.87. The lowest BCUT2D eigenvalue weighted by atomic mass is 9.94. The highest BCUT2D eigenvalue weighted by Gasteiger charge is 2.29. The molecular formula is C19H30N2. The van der Waals surface area contributed by atoms with Crippen molar-refractivity contribution in [2.45, 2.75) is 50.5 Å². The Hall–Kier alpha value is -0.860. The molecule has 1 aliphatic heterocycles. The van der Waals surface area contributed by atoms with Crippen LogP contribution < -0.4 is 5.32 Å². The normalized spacial score (nSPS) is 31.2. The molecule has 1 heterocycles. The minimum absolute atomic E-state index is 0.739. The lowest BCUT2D eigenvalue weighted by Crippen LogP contribution is -2.39. The minimum atomic E-state index is 0.739. The lowest BCUT2D eigenvalue weighted by Gasteiger charge is -2.29. The second kappa shape index (κ2) is 7.42. The highest BCUT2D eigenvalue weighted by molar-refractivity contribution is 5.21. The number of hydrogen-bond donors (Lipinski definition) is 1. The molecule has 116 valence electrons. The van der Waals surface area contributed by atoms with Crippen molar-refractivity contribution < 1.29 is 0 Å². The van der Waals surface area contributed by atoms with Gasteiger partial charge in [0.15, 0.2) is 0 Å². The molecule has 2 nitrogen and oxygen atoms in total. The zero-order valence-corrected chi connectivity index (χ0v) is 13.4. The van der Waals surface area contributed by atoms with Crippen LogP contribution in [-0.2, 0) is 0 Å². The third-order valence-corrected chi connectivity index (χ3v) is 5.57. The molecule has 1 saturated heterocycles. The first-order valence-electron chi connectivity index (χ1n) is 8.81. The van der Waals surface area contributed by atoms with Crippen molar-refractivity contribution in [1.29, 1.82) is 0 Å². The van der Waals surface area contributed by atoms with E-state index in [-0.39, 0.29) is 0 Å². The van der Waals surface area contributed by atoms with Crippen molar-refractivity contribution >= 4 is 0 Å². The van der Waals surface area contributed by atoms with Crippen LogP contribution in [0.5, 0.6) is 0 Å². The summed E-state index contributed by atoms with van der Waals surface area (Å²) in [4.78, 5) is 2.72. The number of nitrogens with zero attached hydrogens (tertiary/aromatic N) is 1. The quantitative estimate of drug-likeness (QED) is 0.850. The molecule has 1 aromatic carbocycles. The molecule has 1 saturated carbocycles. The monoisotopic (exact) mass is 286 g/mol. The van der Waals surface area contributed by atoms with E-state index in [9.17, 15) is 0 Å². The van der Waals surface area contributed by atoms with Crippen molar-refractivity contribution in [3.8, 4) is 0 Å². The predicted octanol–water partition coefficient (Wildman–Crippen LogP) is 3.64. The Bertz CT molecular complexity index is 417. The van der Waals surface area contributed by atoms with Crippen LogP contribution in [0.25, 0.3) is 0 Å². The molecule has 1 N–H and O–H groups in total. The zero-order valence-electron chi connectivity index (χ0n) is 13.4. The predicted molar refractivity (Wildman–Crippen MR) is 89.7 cm³/mol. The van der Waals surface area contributed by atoms with E-state index in [1.54, 1.807) is 0 Å². The van der Waals surface area contributed by atoms with Gasteiger partial charge in [0.05, 0.1) is 0 Å². The van der Waals surface area contributed by atoms with Crippen molar-refractivity contribution in [3.63, 3.8) is 0 Å². The van der Waals surface area contributed by atoms with Gasteiger partial charge in [-0.15, -0.1) is 0 Å². The van der Waals surface area contributed by atoms with E-state index < -0.39 is 0 Å². The average molecular weight is 286 g/mol. The summed E-state index contributed by atoms with van der Waals surface area (Å²) in [5.41, 5.74) is 1.53. The van der Waals surface area contributed by atoms with Crippen molar-refractivity contribution in [2.75, 3.05) is 26.7 Å². The van der Waals surface area contributed by atoms with Crippen LogP contribution in [0.1, 0.15) is 50.0 Å². The van der Waals surface area contributed by atoms with E-state index in [0.717, 1.165) is 17.9 Å². The fourth-order valence-corrected chi connectivity index (χ4v) is 4.31. The summed E-state index contributed by atoms with van der Waals surface area (Å²) in [6.07, 6.45) is 8.39. The first kappa shape index (κ1) is 15.1. The molecule has 0 radical (unpaired) electrons. The van der Waals surface area contributed by atoms with Crippen LogP contribution in [0.2, 0.25) is 0 Å². The molecule has 3 atom stereocenters. The van der Waals surface area contributed by atoms with E-state index >= 15 is 0 Å². The second-order valence-electron chi connectivity index (χ2n) is 6.95. The molecule has 21 heavy (non-hydrogen) atoms. The van der Waals surface area contributed by atoms with Gasteiger partial charge >= 0.3 is 0 Å². The van der Waals surface area contributed by atoms with Gasteiger partial charge in [-0.05, 0) is 50.3 Å². The molecule has 2 fully saturated rings. The summed E-state index contributed by atoms with van der Waals surface area (Å²) in [5, 5.41) is 3.58. The van der Waals surface area contributed by atoms with Crippen LogP contribution in [0.15, 0.2) is 30.3 Å². The Morgan fingerprint density at radius 1 is 1.05 bits per heavy atom. The van der Waals surface area contributed by atoms with Gasteiger partial charge in [0.1, 0.15) is 0 Å². The smallest absolute Gasteiger partial charge is 0.0104 e. The SMILES string of the molecule is CNC1CCCCCC1CN1CCC(c2ccccc2)C1. The molecule has 0 amide bonds. The largest absolute Gasteiger partial charge is 0.317 e. The highest BCUT2D eigenvalue weighted by Crippen LogP contribution is 2.30. The number of benzene rings is 1. The highest BCUT2D eigenvalue weighted by atomic mass is 15.2. The molecule has 0 aromatic heterocycles. The van der Waals surface area contributed by atoms with Crippen LogP contribution in [0.4, 0.5) is 0 Å². The standard InChI is InChI=1S/C19H30N2/c1-20-19-11-7-3-6-10-18(19)15-21-13-12-17(14-21)16-8-4-2-5-9-16/h2,4-5,8-9,17-20H,3,6-7,10-15H2,1H3. The fourth-order valence-electron chi connectivity index (χ4n) is 4.31. The van der Waals surface area contributed by atoms with Gasteiger partial charge < -0.3 is 10.2 Å².